The van der Waals surface area contributed by atoms with Crippen molar-refractivity contribution >= 4 is 23.3 Å². The topological polar surface area (TPSA) is 34.1 Å². The molecule has 2 aliphatic carbocycles. The third-order valence-corrected chi connectivity index (χ3v) is 4.17. The van der Waals surface area contributed by atoms with E-state index in [1.165, 1.54) is 0 Å². The largest absolute Gasteiger partial charge is 0.300 e. The summed E-state index contributed by atoms with van der Waals surface area (Å²) in [5.41, 5.74) is -0.245. The lowest BCUT2D eigenvalue weighted by Gasteiger charge is -2.40. The van der Waals surface area contributed by atoms with Crippen LogP contribution in [-0.4, -0.2) is 16.8 Å². The molecule has 0 atom stereocenters. The van der Waals surface area contributed by atoms with E-state index in [1.807, 2.05) is 0 Å². The molecule has 1 fully saturated rings. The van der Waals surface area contributed by atoms with Gasteiger partial charge in [-0.05, 0) is 12.8 Å². The van der Waals surface area contributed by atoms with Gasteiger partial charge in [0.15, 0.2) is 5.78 Å². The molecule has 0 aromatic rings. The Hall–Kier alpha value is -0.570. The molecule has 15 heavy (non-hydrogen) atoms. The van der Waals surface area contributed by atoms with E-state index >= 15 is 0 Å². The van der Waals surface area contributed by atoms with Crippen molar-refractivity contribution in [3.63, 3.8) is 0 Å². The lowest BCUT2D eigenvalue weighted by atomic mass is 9.65. The van der Waals surface area contributed by atoms with Crippen molar-refractivity contribution in [2.75, 3.05) is 0 Å². The molecule has 1 saturated carbocycles. The first-order valence-electron chi connectivity index (χ1n) is 5.49. The Balaban J connectivity index is 2.05. The third kappa shape index (κ3) is 1.89. The monoisotopic (exact) mass is 224 g/mol. The van der Waals surface area contributed by atoms with Gasteiger partial charge in [-0.2, -0.15) is 0 Å². The lowest BCUT2D eigenvalue weighted by Crippen LogP contribution is -2.41. The number of allylic oxidation sites excluding steroid dienone is 2. The van der Waals surface area contributed by atoms with Crippen molar-refractivity contribution in [2.24, 2.45) is 5.41 Å². The quantitative estimate of drug-likeness (QED) is 0.723. The fourth-order valence-corrected chi connectivity index (χ4v) is 3.35. The molecule has 2 rings (SSSR count). The number of ketones is 2. The summed E-state index contributed by atoms with van der Waals surface area (Å²) in [6.45, 7) is 4.18. The van der Waals surface area contributed by atoms with E-state index < -0.39 is 0 Å². The zero-order valence-electron chi connectivity index (χ0n) is 9.21. The van der Waals surface area contributed by atoms with Crippen molar-refractivity contribution in [3.8, 4) is 0 Å². The zero-order valence-corrected chi connectivity index (χ0v) is 10.0. The first kappa shape index (κ1) is 10.9. The number of hydrogen-bond acceptors (Lipinski definition) is 3. The second kappa shape index (κ2) is 3.78. The maximum Gasteiger partial charge on any atom is 0.178 e. The summed E-state index contributed by atoms with van der Waals surface area (Å²) in [5, 5.41) is 0.461. The smallest absolute Gasteiger partial charge is 0.178 e. The maximum absolute atomic E-state index is 12.0. The highest BCUT2D eigenvalue weighted by atomic mass is 32.2. The van der Waals surface area contributed by atoms with Crippen molar-refractivity contribution < 1.29 is 9.59 Å². The van der Waals surface area contributed by atoms with Crippen LogP contribution in [0, 0.1) is 5.41 Å². The minimum Gasteiger partial charge on any atom is -0.300 e. The molecule has 0 radical (unpaired) electrons. The summed E-state index contributed by atoms with van der Waals surface area (Å²) in [6, 6.07) is 0. The average Bonchev–Trinajstić information content (AvgIpc) is 2.19. The molecule has 3 heteroatoms. The molecule has 0 bridgehead atoms. The fourth-order valence-electron chi connectivity index (χ4n) is 2.24. The first-order valence-corrected chi connectivity index (χ1v) is 6.37. The molecule has 0 aromatic heterocycles. The van der Waals surface area contributed by atoms with Crippen LogP contribution in [0.5, 0.6) is 0 Å². The van der Waals surface area contributed by atoms with E-state index in [2.05, 4.69) is 19.9 Å². The number of Topliss-reactive ketones (excluding diaryl/α,β-unsaturated/α-hetero) is 2. The second-order valence-electron chi connectivity index (χ2n) is 4.70. The Morgan fingerprint density at radius 3 is 2.33 bits per heavy atom. The molecule has 0 aromatic carbocycles. The fraction of sp³-hybridized carbons (Fsp3) is 0.667. The molecule has 0 unspecified atom stereocenters. The van der Waals surface area contributed by atoms with Gasteiger partial charge >= 0.3 is 0 Å². The summed E-state index contributed by atoms with van der Waals surface area (Å²) >= 11 is 1.64. The number of carbonyl (C=O) groups is 2. The number of thioether (sulfide) groups is 1. The van der Waals surface area contributed by atoms with Crippen LogP contribution in [0.25, 0.3) is 0 Å². The average molecular weight is 224 g/mol. The Labute approximate surface area is 94.5 Å². The molecule has 0 amide bonds. The maximum atomic E-state index is 12.0. The van der Waals surface area contributed by atoms with Crippen LogP contribution >= 0.6 is 11.8 Å². The molecule has 2 aliphatic rings. The highest BCUT2D eigenvalue weighted by molar-refractivity contribution is 8.04. The van der Waals surface area contributed by atoms with Crippen LogP contribution in [0.2, 0.25) is 0 Å². The van der Waals surface area contributed by atoms with E-state index in [-0.39, 0.29) is 11.2 Å². The molecule has 82 valence electrons. The van der Waals surface area contributed by atoms with Crippen LogP contribution in [0.15, 0.2) is 11.0 Å². The Kier molecular flexibility index (Phi) is 2.75. The SMILES string of the molecule is CC(C)SC1=CC2(CCC(=O)CC2)C1=O. The molecule has 0 N–H and O–H groups in total. The van der Waals surface area contributed by atoms with Crippen LogP contribution in [0.1, 0.15) is 39.5 Å². The van der Waals surface area contributed by atoms with Gasteiger partial charge in [0.2, 0.25) is 0 Å². The van der Waals surface area contributed by atoms with Gasteiger partial charge in [0.25, 0.3) is 0 Å². The molecule has 0 aliphatic heterocycles. The molecule has 2 nitrogen and oxygen atoms in total. The molecular weight excluding hydrogens is 208 g/mol. The first-order chi connectivity index (χ1) is 7.03. The highest BCUT2D eigenvalue weighted by Gasteiger charge is 2.47. The van der Waals surface area contributed by atoms with Crippen LogP contribution in [0.4, 0.5) is 0 Å². The predicted molar refractivity (Wildman–Crippen MR) is 61.7 cm³/mol. The Morgan fingerprint density at radius 1 is 1.27 bits per heavy atom. The van der Waals surface area contributed by atoms with Gasteiger partial charge < -0.3 is 0 Å². The van der Waals surface area contributed by atoms with E-state index in [0.29, 0.717) is 23.9 Å². The van der Waals surface area contributed by atoms with Crippen molar-refractivity contribution in [2.45, 2.75) is 44.8 Å². The van der Waals surface area contributed by atoms with Gasteiger partial charge in [0.05, 0.1) is 5.41 Å². The zero-order chi connectivity index (χ0) is 11.1. The van der Waals surface area contributed by atoms with Crippen molar-refractivity contribution in [1.29, 1.82) is 0 Å². The Morgan fingerprint density at radius 2 is 1.87 bits per heavy atom. The molecular formula is C12H16O2S. The lowest BCUT2D eigenvalue weighted by molar-refractivity contribution is -0.129. The van der Waals surface area contributed by atoms with Gasteiger partial charge in [-0.1, -0.05) is 19.9 Å². The van der Waals surface area contributed by atoms with Crippen LogP contribution in [0.3, 0.4) is 0 Å². The highest BCUT2D eigenvalue weighted by Crippen LogP contribution is 2.50. The normalized spacial score (nSPS) is 24.3. The standard InChI is InChI=1S/C12H16O2S/c1-8(2)15-10-7-12(11(10)14)5-3-9(13)4-6-12/h7-8H,3-6H2,1-2H3. The number of hydrogen-bond donors (Lipinski definition) is 0. The third-order valence-electron chi connectivity index (χ3n) is 3.15. The minimum atomic E-state index is -0.245. The van der Waals surface area contributed by atoms with Gasteiger partial charge in [-0.15, -0.1) is 11.8 Å². The van der Waals surface area contributed by atoms with E-state index in [0.717, 1.165) is 17.7 Å². The number of carbonyl (C=O) groups excluding carboxylic acids is 2. The number of rotatable bonds is 2. The van der Waals surface area contributed by atoms with E-state index in [4.69, 9.17) is 0 Å². The molecule has 0 saturated heterocycles. The van der Waals surface area contributed by atoms with Gasteiger partial charge in [0, 0.05) is 23.0 Å². The summed E-state index contributed by atoms with van der Waals surface area (Å²) in [7, 11) is 0. The van der Waals surface area contributed by atoms with Crippen molar-refractivity contribution in [3.05, 3.63) is 11.0 Å². The van der Waals surface area contributed by atoms with E-state index in [9.17, 15) is 9.59 Å². The molecule has 0 heterocycles. The van der Waals surface area contributed by atoms with Gasteiger partial charge in [0.1, 0.15) is 5.78 Å². The second-order valence-corrected chi connectivity index (χ2v) is 6.32. The summed E-state index contributed by atoms with van der Waals surface area (Å²) in [4.78, 5) is 24.0. The Bertz CT molecular complexity index is 332. The van der Waals surface area contributed by atoms with Crippen LogP contribution in [-0.2, 0) is 9.59 Å². The van der Waals surface area contributed by atoms with Crippen molar-refractivity contribution in [1.82, 2.24) is 0 Å². The minimum absolute atomic E-state index is 0.245. The summed E-state index contributed by atoms with van der Waals surface area (Å²) < 4.78 is 0. The van der Waals surface area contributed by atoms with E-state index in [1.54, 1.807) is 11.8 Å². The summed E-state index contributed by atoms with van der Waals surface area (Å²) in [5.74, 6) is 0.598. The van der Waals surface area contributed by atoms with Gasteiger partial charge in [-0.3, -0.25) is 9.59 Å². The predicted octanol–water partition coefficient (Wildman–Crippen LogP) is 2.72. The molecule has 1 spiro atoms. The summed E-state index contributed by atoms with van der Waals surface area (Å²) in [6.07, 6.45) is 4.76. The van der Waals surface area contributed by atoms with Gasteiger partial charge in [-0.25, -0.2) is 0 Å². The van der Waals surface area contributed by atoms with Crippen LogP contribution < -0.4 is 0 Å².